The van der Waals surface area contributed by atoms with Gasteiger partial charge in [-0.25, -0.2) is 0 Å². The molecule has 3 nitrogen and oxygen atoms in total. The van der Waals surface area contributed by atoms with Gasteiger partial charge in [-0.1, -0.05) is 32.6 Å². The van der Waals surface area contributed by atoms with Crippen LogP contribution in [0.1, 0.15) is 44.6 Å². The van der Waals surface area contributed by atoms with Gasteiger partial charge in [-0.15, -0.1) is 0 Å². The monoisotopic (exact) mass is 235 g/mol. The third kappa shape index (κ3) is 5.38. The molecule has 0 aliphatic carbocycles. The summed E-state index contributed by atoms with van der Waals surface area (Å²) in [7, 11) is 0. The maximum atomic E-state index is 9.29. The van der Waals surface area contributed by atoms with E-state index in [1.807, 2.05) is 0 Å². The topological polar surface area (TPSA) is 52.8 Å². The zero-order chi connectivity index (χ0) is 12.5. The highest BCUT2D eigenvalue weighted by molar-refractivity contribution is 5.80. The molecule has 0 amide bonds. The maximum Gasteiger partial charge on any atom is 0.158 e. The van der Waals surface area contributed by atoms with Gasteiger partial charge < -0.3 is 10.2 Å². The van der Waals surface area contributed by atoms with Crippen molar-refractivity contribution in [2.45, 2.75) is 39.0 Å². The third-order valence-corrected chi connectivity index (χ3v) is 2.63. The lowest BCUT2D eigenvalue weighted by atomic mass is 10.1. The first-order valence-electron chi connectivity index (χ1n) is 6.26. The van der Waals surface area contributed by atoms with Crippen LogP contribution in [0, 0.1) is 0 Å². The van der Waals surface area contributed by atoms with Gasteiger partial charge in [0.2, 0.25) is 0 Å². The Morgan fingerprint density at radius 1 is 1.06 bits per heavy atom. The summed E-state index contributed by atoms with van der Waals surface area (Å²) >= 11 is 0. The first-order valence-corrected chi connectivity index (χ1v) is 6.26. The minimum atomic E-state index is -0.100. The summed E-state index contributed by atoms with van der Waals surface area (Å²) in [6.45, 7) is 3.03. The molecule has 0 aliphatic heterocycles. The van der Waals surface area contributed by atoms with Crippen LogP contribution in [-0.2, 0) is 0 Å². The highest BCUT2D eigenvalue weighted by atomic mass is 16.3. The molecule has 0 saturated carbocycles. The fourth-order valence-electron chi connectivity index (χ4n) is 1.60. The van der Waals surface area contributed by atoms with E-state index in [9.17, 15) is 5.11 Å². The number of hydrogen-bond donors (Lipinski definition) is 2. The zero-order valence-corrected chi connectivity index (χ0v) is 10.4. The normalized spacial score (nSPS) is 11.1. The van der Waals surface area contributed by atoms with Crippen LogP contribution in [0.4, 0.5) is 0 Å². The number of phenols is 2. The lowest BCUT2D eigenvalue weighted by molar-refractivity contribution is 0.403. The Morgan fingerprint density at radius 3 is 2.53 bits per heavy atom. The quantitative estimate of drug-likeness (QED) is 0.432. The molecule has 17 heavy (non-hydrogen) atoms. The fourth-order valence-corrected chi connectivity index (χ4v) is 1.60. The smallest absolute Gasteiger partial charge is 0.158 e. The number of aromatic hydroxyl groups is 2. The summed E-state index contributed by atoms with van der Waals surface area (Å²) < 4.78 is 0. The molecule has 1 rings (SSSR count). The number of benzene rings is 1. The van der Waals surface area contributed by atoms with Crippen LogP contribution in [0.3, 0.4) is 0 Å². The highest BCUT2D eigenvalue weighted by Crippen LogP contribution is 2.23. The molecule has 0 fully saturated rings. The Balaban J connectivity index is 2.26. The third-order valence-electron chi connectivity index (χ3n) is 2.63. The maximum absolute atomic E-state index is 9.29. The molecule has 94 valence electrons. The first-order chi connectivity index (χ1) is 8.24. The molecule has 0 heterocycles. The molecule has 1 aromatic carbocycles. The molecule has 0 radical (unpaired) electrons. The highest BCUT2D eigenvalue weighted by Gasteiger charge is 1.97. The Kier molecular flexibility index (Phi) is 6.15. The van der Waals surface area contributed by atoms with Gasteiger partial charge in [0.05, 0.1) is 0 Å². The van der Waals surface area contributed by atoms with Crippen LogP contribution >= 0.6 is 0 Å². The second kappa shape index (κ2) is 7.71. The van der Waals surface area contributed by atoms with Gasteiger partial charge in [0.15, 0.2) is 11.5 Å². The van der Waals surface area contributed by atoms with Crippen molar-refractivity contribution in [2.24, 2.45) is 4.99 Å². The van der Waals surface area contributed by atoms with Crippen molar-refractivity contribution in [3.63, 3.8) is 0 Å². The van der Waals surface area contributed by atoms with Gasteiger partial charge in [0, 0.05) is 12.8 Å². The molecule has 0 aliphatic rings. The van der Waals surface area contributed by atoms with Gasteiger partial charge >= 0.3 is 0 Å². The molecule has 2 N–H and O–H groups in total. The van der Waals surface area contributed by atoms with Crippen molar-refractivity contribution in [1.82, 2.24) is 0 Å². The van der Waals surface area contributed by atoms with E-state index < -0.39 is 0 Å². The number of phenolic OH excluding ortho intramolecular Hbond substituents is 2. The number of unbranched alkanes of at least 4 members (excludes halogenated alkanes) is 4. The van der Waals surface area contributed by atoms with E-state index in [-0.39, 0.29) is 11.5 Å². The summed E-state index contributed by atoms with van der Waals surface area (Å²) in [6, 6.07) is 4.71. The van der Waals surface area contributed by atoms with Crippen molar-refractivity contribution in [2.75, 3.05) is 6.54 Å². The SMILES string of the molecule is CCCCCCCN=Cc1ccc(O)c(O)c1. The molecule has 1 aromatic rings. The van der Waals surface area contributed by atoms with Crippen LogP contribution < -0.4 is 0 Å². The number of aliphatic imine (C=N–C) groups is 1. The molecular weight excluding hydrogens is 214 g/mol. The molecule has 3 heteroatoms. The van der Waals surface area contributed by atoms with Gasteiger partial charge in [-0.2, -0.15) is 0 Å². The van der Waals surface area contributed by atoms with E-state index in [0.717, 1.165) is 18.5 Å². The Bertz CT molecular complexity index is 361. The molecule has 0 atom stereocenters. The minimum Gasteiger partial charge on any atom is -0.504 e. The second-order valence-electron chi connectivity index (χ2n) is 4.20. The van der Waals surface area contributed by atoms with Crippen LogP contribution in [0.15, 0.2) is 23.2 Å². The number of hydrogen-bond acceptors (Lipinski definition) is 3. The molecule has 0 bridgehead atoms. The molecular formula is C14H21NO2. The minimum absolute atomic E-state index is 0.0956. The molecule has 0 saturated heterocycles. The van der Waals surface area contributed by atoms with E-state index in [4.69, 9.17) is 5.11 Å². The van der Waals surface area contributed by atoms with Crippen LogP contribution in [-0.4, -0.2) is 23.0 Å². The predicted molar refractivity (Wildman–Crippen MR) is 71.0 cm³/mol. The fraction of sp³-hybridized carbons (Fsp3) is 0.500. The second-order valence-corrected chi connectivity index (χ2v) is 4.20. The summed E-state index contributed by atoms with van der Waals surface area (Å²) in [5.74, 6) is -0.196. The number of rotatable bonds is 7. The van der Waals surface area contributed by atoms with Crippen molar-refractivity contribution in [1.29, 1.82) is 0 Å². The summed E-state index contributed by atoms with van der Waals surface area (Å²) in [6.07, 6.45) is 7.92. The van der Waals surface area contributed by atoms with Crippen LogP contribution in [0.2, 0.25) is 0 Å². The summed E-state index contributed by atoms with van der Waals surface area (Å²) in [4.78, 5) is 4.29. The van der Waals surface area contributed by atoms with E-state index in [0.29, 0.717) is 0 Å². The lowest BCUT2D eigenvalue weighted by Gasteiger charge is -1.99. The van der Waals surface area contributed by atoms with Crippen molar-refractivity contribution in [3.8, 4) is 11.5 Å². The van der Waals surface area contributed by atoms with Crippen molar-refractivity contribution in [3.05, 3.63) is 23.8 Å². The van der Waals surface area contributed by atoms with E-state index >= 15 is 0 Å². The Morgan fingerprint density at radius 2 is 1.82 bits per heavy atom. The lowest BCUT2D eigenvalue weighted by Crippen LogP contribution is -1.86. The molecule has 0 aromatic heterocycles. The molecule has 0 unspecified atom stereocenters. The molecule has 0 spiro atoms. The van der Waals surface area contributed by atoms with E-state index in [1.54, 1.807) is 12.3 Å². The summed E-state index contributed by atoms with van der Waals surface area (Å²) in [5, 5.41) is 18.4. The first kappa shape index (κ1) is 13.6. The number of nitrogens with zero attached hydrogens (tertiary/aromatic N) is 1. The van der Waals surface area contributed by atoms with Crippen LogP contribution in [0.5, 0.6) is 11.5 Å². The van der Waals surface area contributed by atoms with Crippen molar-refractivity contribution < 1.29 is 10.2 Å². The van der Waals surface area contributed by atoms with E-state index in [2.05, 4.69) is 11.9 Å². The van der Waals surface area contributed by atoms with Crippen molar-refractivity contribution >= 4 is 6.21 Å². The predicted octanol–water partition coefficient (Wildman–Crippen LogP) is 3.49. The van der Waals surface area contributed by atoms with Gasteiger partial charge in [-0.05, 0) is 30.2 Å². The largest absolute Gasteiger partial charge is 0.504 e. The zero-order valence-electron chi connectivity index (χ0n) is 10.4. The standard InChI is InChI=1S/C14H21NO2/c1-2-3-4-5-6-9-15-11-12-7-8-13(16)14(17)10-12/h7-8,10-11,16-17H,2-6,9H2,1H3. The summed E-state index contributed by atoms with van der Waals surface area (Å²) in [5.41, 5.74) is 0.814. The van der Waals surface area contributed by atoms with E-state index in [1.165, 1.54) is 37.8 Å². The average molecular weight is 235 g/mol. The van der Waals surface area contributed by atoms with Gasteiger partial charge in [0.25, 0.3) is 0 Å². The average Bonchev–Trinajstić information content (AvgIpc) is 2.32. The van der Waals surface area contributed by atoms with Gasteiger partial charge in [-0.3, -0.25) is 4.99 Å². The van der Waals surface area contributed by atoms with Crippen LogP contribution in [0.25, 0.3) is 0 Å². The Labute approximate surface area is 103 Å². The Hall–Kier alpha value is -1.51. The van der Waals surface area contributed by atoms with Gasteiger partial charge in [0.1, 0.15) is 0 Å².